The summed E-state index contributed by atoms with van der Waals surface area (Å²) in [5.74, 6) is -0.743. The van der Waals surface area contributed by atoms with Gasteiger partial charge in [0.1, 0.15) is 11.6 Å². The monoisotopic (exact) mass is 326 g/mol. The lowest BCUT2D eigenvalue weighted by Gasteiger charge is -2.25. The summed E-state index contributed by atoms with van der Waals surface area (Å²) in [6, 6.07) is 9.05. The average molecular weight is 327 g/mol. The number of halogens is 3. The second-order valence-corrected chi connectivity index (χ2v) is 4.90. The van der Waals surface area contributed by atoms with Crippen LogP contribution in [0.4, 0.5) is 25.8 Å². The van der Waals surface area contributed by atoms with Gasteiger partial charge >= 0.3 is 0 Å². The van der Waals surface area contributed by atoms with Gasteiger partial charge in [0, 0.05) is 18.3 Å². The summed E-state index contributed by atoms with van der Waals surface area (Å²) < 4.78 is 27.0. The van der Waals surface area contributed by atoms with Crippen molar-refractivity contribution in [3.63, 3.8) is 0 Å². The van der Waals surface area contributed by atoms with E-state index in [0.29, 0.717) is 28.1 Å². The molecule has 100 valence electrons. The Kier molecular flexibility index (Phi) is 4.04. The first kappa shape index (κ1) is 13.8. The zero-order valence-corrected chi connectivity index (χ0v) is 11.9. The molecule has 2 aromatic carbocycles. The van der Waals surface area contributed by atoms with Crippen molar-refractivity contribution in [1.29, 1.82) is 0 Å². The van der Waals surface area contributed by atoms with Gasteiger partial charge in [0.2, 0.25) is 0 Å². The van der Waals surface area contributed by atoms with Crippen LogP contribution in [0.3, 0.4) is 0 Å². The predicted octanol–water partition coefficient (Wildman–Crippen LogP) is 4.47. The fraction of sp³-hybridized carbons (Fsp3) is 0.143. The summed E-state index contributed by atoms with van der Waals surface area (Å²) in [4.78, 5) is 1.82. The van der Waals surface area contributed by atoms with Crippen molar-refractivity contribution in [1.82, 2.24) is 0 Å². The molecule has 0 radical (unpaired) electrons. The first-order valence-electron chi connectivity index (χ1n) is 5.80. The van der Waals surface area contributed by atoms with E-state index in [-0.39, 0.29) is 5.82 Å². The third kappa shape index (κ3) is 2.87. The molecule has 0 aliphatic carbocycles. The molecule has 0 fully saturated rings. The fourth-order valence-corrected chi connectivity index (χ4v) is 2.25. The molecule has 0 bridgehead atoms. The van der Waals surface area contributed by atoms with E-state index in [0.717, 1.165) is 0 Å². The first-order chi connectivity index (χ1) is 9.02. The number of hydrogen-bond acceptors (Lipinski definition) is 2. The van der Waals surface area contributed by atoms with Crippen LogP contribution in [0.15, 0.2) is 40.9 Å². The Morgan fingerprint density at radius 2 is 1.95 bits per heavy atom. The van der Waals surface area contributed by atoms with Crippen LogP contribution in [0.5, 0.6) is 0 Å². The first-order valence-corrected chi connectivity index (χ1v) is 6.60. The van der Waals surface area contributed by atoms with E-state index in [2.05, 4.69) is 15.9 Å². The van der Waals surface area contributed by atoms with E-state index < -0.39 is 5.82 Å². The maximum atomic E-state index is 13.4. The van der Waals surface area contributed by atoms with Gasteiger partial charge in [-0.2, -0.15) is 0 Å². The maximum absolute atomic E-state index is 13.4. The van der Waals surface area contributed by atoms with Gasteiger partial charge in [-0.15, -0.1) is 0 Å². The molecule has 0 unspecified atom stereocenters. The van der Waals surface area contributed by atoms with Crippen LogP contribution in [-0.4, -0.2) is 6.54 Å². The molecule has 5 heteroatoms. The minimum absolute atomic E-state index is 0.312. The molecular formula is C14H13BrF2N2. The normalized spacial score (nSPS) is 10.5. The molecule has 0 aliphatic rings. The van der Waals surface area contributed by atoms with E-state index in [1.165, 1.54) is 18.2 Å². The zero-order valence-electron chi connectivity index (χ0n) is 10.3. The standard InChI is InChI=1S/C14H13BrF2N2/c1-2-19(10-5-3-4-9(16)6-10)14-7-11(15)12(17)8-13(14)18/h3-8H,2,18H2,1H3. The average Bonchev–Trinajstić information content (AvgIpc) is 2.36. The molecule has 0 amide bonds. The van der Waals surface area contributed by atoms with E-state index in [1.807, 2.05) is 11.8 Å². The number of rotatable bonds is 3. The van der Waals surface area contributed by atoms with Crippen molar-refractivity contribution in [2.45, 2.75) is 6.92 Å². The van der Waals surface area contributed by atoms with Crippen molar-refractivity contribution < 1.29 is 8.78 Å². The molecule has 2 N–H and O–H groups in total. The predicted molar refractivity (Wildman–Crippen MR) is 77.6 cm³/mol. The Labute approximate surface area is 119 Å². The SMILES string of the molecule is CCN(c1cccc(F)c1)c1cc(Br)c(F)cc1N. The quantitative estimate of drug-likeness (QED) is 0.843. The van der Waals surface area contributed by atoms with E-state index in [9.17, 15) is 8.78 Å². The Morgan fingerprint density at radius 3 is 2.58 bits per heavy atom. The summed E-state index contributed by atoms with van der Waals surface area (Å²) in [5, 5.41) is 0. The van der Waals surface area contributed by atoms with Crippen LogP contribution in [0.2, 0.25) is 0 Å². The molecule has 2 rings (SSSR count). The van der Waals surface area contributed by atoms with Gasteiger partial charge in [-0.25, -0.2) is 8.78 Å². The Morgan fingerprint density at radius 1 is 1.21 bits per heavy atom. The summed E-state index contributed by atoms with van der Waals surface area (Å²) in [6.07, 6.45) is 0. The highest BCUT2D eigenvalue weighted by molar-refractivity contribution is 9.10. The van der Waals surface area contributed by atoms with Crippen LogP contribution in [0.25, 0.3) is 0 Å². The highest BCUT2D eigenvalue weighted by Crippen LogP contribution is 2.34. The smallest absolute Gasteiger partial charge is 0.139 e. The van der Waals surface area contributed by atoms with Gasteiger partial charge in [0.05, 0.1) is 15.8 Å². The zero-order chi connectivity index (χ0) is 14.0. The minimum atomic E-state index is -0.420. The number of nitrogens with two attached hydrogens (primary N) is 1. The van der Waals surface area contributed by atoms with Crippen LogP contribution in [0, 0.1) is 11.6 Å². The summed E-state index contributed by atoms with van der Waals surface area (Å²) in [6.45, 7) is 2.51. The van der Waals surface area contributed by atoms with Crippen molar-refractivity contribution in [3.05, 3.63) is 52.5 Å². The van der Waals surface area contributed by atoms with E-state index in [4.69, 9.17) is 5.73 Å². The highest BCUT2D eigenvalue weighted by atomic mass is 79.9. The topological polar surface area (TPSA) is 29.3 Å². The van der Waals surface area contributed by atoms with Gasteiger partial charge in [0.15, 0.2) is 0 Å². The molecule has 0 heterocycles. The molecule has 0 saturated heterocycles. The van der Waals surface area contributed by atoms with Crippen LogP contribution < -0.4 is 10.6 Å². The van der Waals surface area contributed by atoms with E-state index in [1.54, 1.807) is 18.2 Å². The van der Waals surface area contributed by atoms with Gasteiger partial charge < -0.3 is 10.6 Å². The second kappa shape index (κ2) is 5.57. The van der Waals surface area contributed by atoms with Gasteiger partial charge in [-0.05, 0) is 47.1 Å². The molecule has 0 atom stereocenters. The number of nitrogens with zero attached hydrogens (tertiary/aromatic N) is 1. The number of benzene rings is 2. The molecule has 2 nitrogen and oxygen atoms in total. The molecule has 0 aliphatic heterocycles. The summed E-state index contributed by atoms with van der Waals surface area (Å²) in [5.41, 5.74) is 7.47. The second-order valence-electron chi connectivity index (χ2n) is 4.05. The molecule has 19 heavy (non-hydrogen) atoms. The summed E-state index contributed by atoms with van der Waals surface area (Å²) >= 11 is 3.13. The highest BCUT2D eigenvalue weighted by Gasteiger charge is 2.14. The molecule has 0 saturated carbocycles. The van der Waals surface area contributed by atoms with Gasteiger partial charge in [0.25, 0.3) is 0 Å². The molecule has 0 spiro atoms. The minimum Gasteiger partial charge on any atom is -0.397 e. The van der Waals surface area contributed by atoms with Gasteiger partial charge in [-0.3, -0.25) is 0 Å². The lowest BCUT2D eigenvalue weighted by atomic mass is 10.2. The Balaban J connectivity index is 2.51. The number of nitrogen functional groups attached to an aromatic ring is 1. The summed E-state index contributed by atoms with van der Waals surface area (Å²) in [7, 11) is 0. The lowest BCUT2D eigenvalue weighted by Crippen LogP contribution is -2.17. The van der Waals surface area contributed by atoms with Crippen molar-refractivity contribution in [2.24, 2.45) is 0 Å². The molecule has 0 aromatic heterocycles. The third-order valence-electron chi connectivity index (χ3n) is 2.80. The largest absolute Gasteiger partial charge is 0.397 e. The molecular weight excluding hydrogens is 314 g/mol. The van der Waals surface area contributed by atoms with Crippen LogP contribution >= 0.6 is 15.9 Å². The van der Waals surface area contributed by atoms with Crippen molar-refractivity contribution >= 4 is 33.0 Å². The lowest BCUT2D eigenvalue weighted by molar-refractivity contribution is 0.621. The Bertz CT molecular complexity index is 602. The Hall–Kier alpha value is -1.62. The maximum Gasteiger partial charge on any atom is 0.139 e. The third-order valence-corrected chi connectivity index (χ3v) is 3.40. The molecule has 2 aromatic rings. The fourth-order valence-electron chi connectivity index (χ4n) is 1.92. The number of hydrogen-bond donors (Lipinski definition) is 1. The van der Waals surface area contributed by atoms with Crippen LogP contribution in [0.1, 0.15) is 6.92 Å². The van der Waals surface area contributed by atoms with Gasteiger partial charge in [-0.1, -0.05) is 6.07 Å². The number of anilines is 3. The van der Waals surface area contributed by atoms with Crippen molar-refractivity contribution in [2.75, 3.05) is 17.2 Å². The van der Waals surface area contributed by atoms with E-state index >= 15 is 0 Å². The van der Waals surface area contributed by atoms with Crippen molar-refractivity contribution in [3.8, 4) is 0 Å². The van der Waals surface area contributed by atoms with Crippen LogP contribution in [-0.2, 0) is 0 Å².